The number of rotatable bonds is 6. The molecular formula is C14H16BrNO4. The van der Waals surface area contributed by atoms with E-state index in [-0.39, 0.29) is 17.3 Å². The first-order valence-electron chi connectivity index (χ1n) is 6.36. The van der Waals surface area contributed by atoms with Crippen molar-refractivity contribution >= 4 is 27.8 Å². The molecule has 0 saturated carbocycles. The quantitative estimate of drug-likeness (QED) is 0.799. The van der Waals surface area contributed by atoms with Gasteiger partial charge in [-0.25, -0.2) is 4.79 Å². The monoisotopic (exact) mass is 341 g/mol. The number of amides is 1. The average molecular weight is 342 g/mol. The molecule has 0 radical (unpaired) electrons. The molecule has 2 rings (SSSR count). The predicted octanol–water partition coefficient (Wildman–Crippen LogP) is 1.65. The van der Waals surface area contributed by atoms with Crippen LogP contribution in [-0.2, 0) is 20.9 Å². The molecule has 0 aromatic heterocycles. The van der Waals surface area contributed by atoms with Crippen molar-refractivity contribution in [3.8, 4) is 0 Å². The third-order valence-corrected chi connectivity index (χ3v) is 3.77. The number of benzene rings is 1. The summed E-state index contributed by atoms with van der Waals surface area (Å²) >= 11 is 3.35. The number of carbonyl (C=O) groups is 2. The Labute approximate surface area is 125 Å². The van der Waals surface area contributed by atoms with E-state index in [0.717, 1.165) is 5.56 Å². The third-order valence-electron chi connectivity index (χ3n) is 3.16. The molecule has 1 aliphatic heterocycles. The molecule has 1 heterocycles. The van der Waals surface area contributed by atoms with E-state index in [0.29, 0.717) is 19.6 Å². The van der Waals surface area contributed by atoms with Gasteiger partial charge >= 0.3 is 5.97 Å². The Morgan fingerprint density at radius 2 is 2.15 bits per heavy atom. The van der Waals surface area contributed by atoms with Crippen LogP contribution >= 0.6 is 15.9 Å². The van der Waals surface area contributed by atoms with Gasteiger partial charge in [0.2, 0.25) is 5.91 Å². The van der Waals surface area contributed by atoms with Crippen LogP contribution in [0.3, 0.4) is 0 Å². The van der Waals surface area contributed by atoms with Gasteiger partial charge in [-0.05, 0) is 5.56 Å². The Balaban J connectivity index is 1.90. The molecule has 0 bridgehead atoms. The van der Waals surface area contributed by atoms with Gasteiger partial charge in [0.25, 0.3) is 0 Å². The summed E-state index contributed by atoms with van der Waals surface area (Å²) in [7, 11) is 0. The largest absolute Gasteiger partial charge is 0.480 e. The van der Waals surface area contributed by atoms with Crippen LogP contribution in [0.5, 0.6) is 0 Å². The summed E-state index contributed by atoms with van der Waals surface area (Å²) in [6.07, 6.45) is 0.336. The normalized spacial score (nSPS) is 20.1. The fraction of sp³-hybridized carbons (Fsp3) is 0.429. The van der Waals surface area contributed by atoms with Crippen molar-refractivity contribution in [1.29, 1.82) is 0 Å². The first-order valence-corrected chi connectivity index (χ1v) is 7.27. The zero-order chi connectivity index (χ0) is 14.5. The van der Waals surface area contributed by atoms with E-state index in [1.807, 2.05) is 30.3 Å². The van der Waals surface area contributed by atoms with Crippen LogP contribution in [0.4, 0.5) is 0 Å². The first-order chi connectivity index (χ1) is 9.58. The Bertz CT molecular complexity index is 479. The molecule has 1 aromatic rings. The second-order valence-corrected chi connectivity index (χ2v) is 6.00. The maximum Gasteiger partial charge on any atom is 0.328 e. The summed E-state index contributed by atoms with van der Waals surface area (Å²) in [6, 6.07) is 8.59. The highest BCUT2D eigenvalue weighted by atomic mass is 79.9. The van der Waals surface area contributed by atoms with Crippen LogP contribution in [0, 0.1) is 0 Å². The molecule has 1 unspecified atom stereocenters. The van der Waals surface area contributed by atoms with Gasteiger partial charge < -0.3 is 14.7 Å². The molecule has 1 aromatic carbocycles. The highest BCUT2D eigenvalue weighted by Gasteiger charge is 2.36. The number of hydrogen-bond acceptors (Lipinski definition) is 3. The maximum atomic E-state index is 11.7. The molecule has 0 aliphatic carbocycles. The van der Waals surface area contributed by atoms with Crippen molar-refractivity contribution in [2.45, 2.75) is 23.9 Å². The number of nitrogens with zero attached hydrogens (tertiary/aromatic N) is 1. The fourth-order valence-electron chi connectivity index (χ4n) is 2.14. The van der Waals surface area contributed by atoms with Crippen LogP contribution in [0.2, 0.25) is 0 Å². The van der Waals surface area contributed by atoms with Crippen molar-refractivity contribution in [2.24, 2.45) is 0 Å². The lowest BCUT2D eigenvalue weighted by molar-refractivity contribution is -0.151. The van der Waals surface area contributed by atoms with Crippen LogP contribution < -0.4 is 0 Å². The van der Waals surface area contributed by atoms with Gasteiger partial charge in [-0.1, -0.05) is 46.3 Å². The molecule has 1 aliphatic rings. The predicted molar refractivity (Wildman–Crippen MR) is 76.6 cm³/mol. The third kappa shape index (κ3) is 3.80. The molecule has 20 heavy (non-hydrogen) atoms. The number of aliphatic carboxylic acids is 1. The Morgan fingerprint density at radius 1 is 1.45 bits per heavy atom. The van der Waals surface area contributed by atoms with Gasteiger partial charge in [-0.3, -0.25) is 4.79 Å². The van der Waals surface area contributed by atoms with Gasteiger partial charge in [0.1, 0.15) is 0 Å². The van der Waals surface area contributed by atoms with E-state index in [9.17, 15) is 14.7 Å². The van der Waals surface area contributed by atoms with Crippen molar-refractivity contribution in [3.63, 3.8) is 0 Å². The molecule has 108 valence electrons. The van der Waals surface area contributed by atoms with Gasteiger partial charge in [-0.2, -0.15) is 0 Å². The zero-order valence-electron chi connectivity index (χ0n) is 10.9. The number of ether oxygens (including phenoxy) is 1. The minimum Gasteiger partial charge on any atom is -0.480 e. The molecule has 1 saturated heterocycles. The SMILES string of the molecule is O=C(O)[C@H](COCc1ccccc1)N1CC(Br)CC1=O. The van der Waals surface area contributed by atoms with Gasteiger partial charge in [-0.15, -0.1) is 0 Å². The standard InChI is InChI=1S/C14H16BrNO4/c15-11-6-13(17)16(7-11)12(14(18)19)9-20-8-10-4-2-1-3-5-10/h1-5,11-12H,6-9H2,(H,18,19)/t11?,12-/m0/s1. The number of alkyl halides is 1. The lowest BCUT2D eigenvalue weighted by Gasteiger charge is -2.24. The number of carbonyl (C=O) groups excluding carboxylic acids is 1. The second kappa shape index (κ2) is 6.85. The Hall–Kier alpha value is -1.40. The summed E-state index contributed by atoms with van der Waals surface area (Å²) in [6.45, 7) is 0.741. The lowest BCUT2D eigenvalue weighted by atomic mass is 10.2. The number of hydrogen-bond donors (Lipinski definition) is 1. The van der Waals surface area contributed by atoms with Gasteiger partial charge in [0.15, 0.2) is 6.04 Å². The molecule has 0 spiro atoms. The summed E-state index contributed by atoms with van der Waals surface area (Å²) in [5.41, 5.74) is 0.975. The van der Waals surface area contributed by atoms with Crippen LogP contribution in [0.1, 0.15) is 12.0 Å². The summed E-state index contributed by atoms with van der Waals surface area (Å²) in [5.74, 6) is -1.18. The number of carboxylic acid groups (broad SMARTS) is 1. The van der Waals surface area contributed by atoms with E-state index in [1.165, 1.54) is 4.90 Å². The molecule has 1 fully saturated rings. The highest BCUT2D eigenvalue weighted by molar-refractivity contribution is 9.09. The van der Waals surface area contributed by atoms with E-state index >= 15 is 0 Å². The van der Waals surface area contributed by atoms with E-state index in [1.54, 1.807) is 0 Å². The van der Waals surface area contributed by atoms with E-state index in [2.05, 4.69) is 15.9 Å². The van der Waals surface area contributed by atoms with Crippen LogP contribution in [0.25, 0.3) is 0 Å². The Morgan fingerprint density at radius 3 is 2.70 bits per heavy atom. The van der Waals surface area contributed by atoms with Crippen molar-refractivity contribution in [2.75, 3.05) is 13.2 Å². The topological polar surface area (TPSA) is 66.8 Å². The van der Waals surface area contributed by atoms with Crippen molar-refractivity contribution < 1.29 is 19.4 Å². The number of carboxylic acids is 1. The minimum absolute atomic E-state index is 0.00428. The molecular weight excluding hydrogens is 326 g/mol. The fourth-order valence-corrected chi connectivity index (χ4v) is 2.73. The number of likely N-dealkylation sites (tertiary alicyclic amines) is 1. The molecule has 6 heteroatoms. The van der Waals surface area contributed by atoms with Crippen LogP contribution in [-0.4, -0.2) is 45.9 Å². The van der Waals surface area contributed by atoms with Crippen LogP contribution in [0.15, 0.2) is 30.3 Å². The van der Waals surface area contributed by atoms with Crippen molar-refractivity contribution in [1.82, 2.24) is 4.90 Å². The van der Waals surface area contributed by atoms with E-state index < -0.39 is 12.0 Å². The highest BCUT2D eigenvalue weighted by Crippen LogP contribution is 2.21. The van der Waals surface area contributed by atoms with E-state index in [4.69, 9.17) is 4.74 Å². The summed E-state index contributed by atoms with van der Waals surface area (Å²) in [4.78, 5) is 24.4. The summed E-state index contributed by atoms with van der Waals surface area (Å²) < 4.78 is 5.45. The minimum atomic E-state index is -1.03. The Kier molecular flexibility index (Phi) is 5.14. The molecule has 1 N–H and O–H groups in total. The van der Waals surface area contributed by atoms with Gasteiger partial charge in [0.05, 0.1) is 13.2 Å². The maximum absolute atomic E-state index is 11.7. The molecule has 5 nitrogen and oxygen atoms in total. The first kappa shape index (κ1) is 15.0. The number of halogens is 1. The average Bonchev–Trinajstić information content (AvgIpc) is 2.74. The van der Waals surface area contributed by atoms with Crippen molar-refractivity contribution in [3.05, 3.63) is 35.9 Å². The molecule has 1 amide bonds. The second-order valence-electron chi connectivity index (χ2n) is 4.70. The van der Waals surface area contributed by atoms with Gasteiger partial charge in [0, 0.05) is 17.8 Å². The molecule has 2 atom stereocenters. The summed E-state index contributed by atoms with van der Waals surface area (Å²) in [5, 5.41) is 9.25. The smallest absolute Gasteiger partial charge is 0.328 e. The zero-order valence-corrected chi connectivity index (χ0v) is 12.5. The lowest BCUT2D eigenvalue weighted by Crippen LogP contribution is -2.45.